The molecule has 1 heterocycles. The van der Waals surface area contributed by atoms with Crippen LogP contribution in [-0.4, -0.2) is 25.4 Å². The SMILES string of the molecule is Oc1ccc(-c2nc(-c3ccccc3)nnc2-c2ccccc2)c(O)c1. The molecule has 126 valence electrons. The van der Waals surface area contributed by atoms with Gasteiger partial charge in [0.15, 0.2) is 5.82 Å². The summed E-state index contributed by atoms with van der Waals surface area (Å²) in [5.74, 6) is 0.382. The summed E-state index contributed by atoms with van der Waals surface area (Å²) in [5, 5.41) is 28.6. The van der Waals surface area contributed by atoms with Crippen molar-refractivity contribution in [2.24, 2.45) is 0 Å². The molecule has 5 nitrogen and oxygen atoms in total. The van der Waals surface area contributed by atoms with Crippen LogP contribution in [0.25, 0.3) is 33.9 Å². The summed E-state index contributed by atoms with van der Waals surface area (Å²) in [5.41, 5.74) is 3.22. The first-order valence-corrected chi connectivity index (χ1v) is 8.10. The van der Waals surface area contributed by atoms with Crippen LogP contribution in [0.1, 0.15) is 0 Å². The fourth-order valence-corrected chi connectivity index (χ4v) is 2.73. The lowest BCUT2D eigenvalue weighted by atomic mass is 10.0. The molecule has 0 spiro atoms. The highest BCUT2D eigenvalue weighted by Crippen LogP contribution is 2.36. The van der Waals surface area contributed by atoms with Crippen LogP contribution in [0.5, 0.6) is 11.5 Å². The second kappa shape index (κ2) is 6.64. The van der Waals surface area contributed by atoms with Crippen molar-refractivity contribution in [2.45, 2.75) is 0 Å². The minimum atomic E-state index is -0.0679. The van der Waals surface area contributed by atoms with Gasteiger partial charge in [-0.2, -0.15) is 0 Å². The minimum absolute atomic E-state index is 0.0159. The predicted octanol–water partition coefficient (Wildman–Crippen LogP) is 4.28. The number of phenols is 2. The van der Waals surface area contributed by atoms with E-state index in [1.807, 2.05) is 60.7 Å². The summed E-state index contributed by atoms with van der Waals surface area (Å²) in [6.45, 7) is 0. The maximum Gasteiger partial charge on any atom is 0.182 e. The quantitative estimate of drug-likeness (QED) is 0.581. The third kappa shape index (κ3) is 2.98. The average Bonchev–Trinajstić information content (AvgIpc) is 2.69. The first-order valence-electron chi connectivity index (χ1n) is 8.10. The first kappa shape index (κ1) is 15.8. The molecule has 0 unspecified atom stereocenters. The molecule has 3 aromatic carbocycles. The van der Waals surface area contributed by atoms with Crippen LogP contribution in [0, 0.1) is 0 Å². The van der Waals surface area contributed by atoms with Gasteiger partial charge in [0.05, 0.1) is 0 Å². The maximum absolute atomic E-state index is 10.3. The second-order valence-electron chi connectivity index (χ2n) is 5.77. The van der Waals surface area contributed by atoms with Crippen LogP contribution in [0.15, 0.2) is 78.9 Å². The standard InChI is InChI=1S/C21H15N3O2/c25-16-11-12-17(18(26)13-16)20-19(14-7-3-1-4-8-14)23-24-21(22-20)15-9-5-2-6-10-15/h1-13,25-26H. The summed E-state index contributed by atoms with van der Waals surface area (Å²) >= 11 is 0. The van der Waals surface area contributed by atoms with Gasteiger partial charge < -0.3 is 10.2 Å². The van der Waals surface area contributed by atoms with E-state index in [1.54, 1.807) is 6.07 Å². The van der Waals surface area contributed by atoms with Crippen molar-refractivity contribution in [3.05, 3.63) is 78.9 Å². The number of hydrogen-bond donors (Lipinski definition) is 2. The topological polar surface area (TPSA) is 79.1 Å². The first-order chi connectivity index (χ1) is 12.7. The Morgan fingerprint density at radius 3 is 1.92 bits per heavy atom. The Morgan fingerprint density at radius 1 is 0.615 bits per heavy atom. The van der Waals surface area contributed by atoms with Crippen molar-refractivity contribution < 1.29 is 10.2 Å². The highest BCUT2D eigenvalue weighted by molar-refractivity contribution is 5.82. The summed E-state index contributed by atoms with van der Waals surface area (Å²) in [7, 11) is 0. The van der Waals surface area contributed by atoms with Gasteiger partial charge in [0.1, 0.15) is 22.9 Å². The van der Waals surface area contributed by atoms with Crippen LogP contribution in [0.2, 0.25) is 0 Å². The van der Waals surface area contributed by atoms with Gasteiger partial charge in [-0.25, -0.2) is 4.98 Å². The Labute approximate surface area is 150 Å². The molecule has 0 fully saturated rings. The molecule has 26 heavy (non-hydrogen) atoms. The number of nitrogens with zero attached hydrogens (tertiary/aromatic N) is 3. The summed E-state index contributed by atoms with van der Waals surface area (Å²) in [4.78, 5) is 4.66. The molecule has 0 aliphatic rings. The van der Waals surface area contributed by atoms with Crippen LogP contribution in [-0.2, 0) is 0 Å². The fraction of sp³-hybridized carbons (Fsp3) is 0. The van der Waals surface area contributed by atoms with Crippen molar-refractivity contribution in [1.82, 2.24) is 15.2 Å². The van der Waals surface area contributed by atoms with Crippen LogP contribution in [0.4, 0.5) is 0 Å². The molecule has 0 amide bonds. The number of rotatable bonds is 3. The largest absolute Gasteiger partial charge is 0.508 e. The van der Waals surface area contributed by atoms with E-state index in [-0.39, 0.29) is 11.5 Å². The molecule has 0 saturated carbocycles. The molecule has 4 rings (SSSR count). The third-order valence-electron chi connectivity index (χ3n) is 4.00. The number of hydrogen-bond acceptors (Lipinski definition) is 5. The van der Waals surface area contributed by atoms with Gasteiger partial charge in [-0.3, -0.25) is 0 Å². The van der Waals surface area contributed by atoms with E-state index >= 15 is 0 Å². The minimum Gasteiger partial charge on any atom is -0.508 e. The molecule has 4 aromatic rings. The van der Waals surface area contributed by atoms with E-state index in [0.29, 0.717) is 22.8 Å². The van der Waals surface area contributed by atoms with Crippen molar-refractivity contribution in [3.63, 3.8) is 0 Å². The second-order valence-corrected chi connectivity index (χ2v) is 5.77. The Hall–Kier alpha value is -3.73. The Balaban J connectivity index is 1.95. The van der Waals surface area contributed by atoms with E-state index in [9.17, 15) is 10.2 Å². The lowest BCUT2D eigenvalue weighted by molar-refractivity contribution is 0.451. The molecule has 2 N–H and O–H groups in total. The van der Waals surface area contributed by atoms with Gasteiger partial charge in [0, 0.05) is 22.8 Å². The normalized spacial score (nSPS) is 10.6. The van der Waals surface area contributed by atoms with Gasteiger partial charge in [-0.1, -0.05) is 60.7 Å². The number of benzene rings is 3. The molecule has 1 aromatic heterocycles. The van der Waals surface area contributed by atoms with E-state index in [0.717, 1.165) is 11.1 Å². The smallest absolute Gasteiger partial charge is 0.182 e. The fourth-order valence-electron chi connectivity index (χ4n) is 2.73. The molecule has 0 saturated heterocycles. The molecule has 0 aliphatic heterocycles. The Morgan fingerprint density at radius 2 is 1.27 bits per heavy atom. The Kier molecular flexibility index (Phi) is 4.03. The molecule has 0 aliphatic carbocycles. The average molecular weight is 341 g/mol. The zero-order valence-electron chi connectivity index (χ0n) is 13.7. The highest BCUT2D eigenvalue weighted by atomic mass is 16.3. The zero-order valence-corrected chi connectivity index (χ0v) is 13.7. The lowest BCUT2D eigenvalue weighted by Gasteiger charge is -2.11. The molecular weight excluding hydrogens is 326 g/mol. The van der Waals surface area contributed by atoms with Gasteiger partial charge >= 0.3 is 0 Å². The zero-order chi connectivity index (χ0) is 17.9. The van der Waals surface area contributed by atoms with E-state index in [2.05, 4.69) is 15.2 Å². The predicted molar refractivity (Wildman–Crippen MR) is 99.5 cm³/mol. The number of aromatic hydroxyl groups is 2. The summed E-state index contributed by atoms with van der Waals surface area (Å²) < 4.78 is 0. The molecule has 0 bridgehead atoms. The van der Waals surface area contributed by atoms with Crippen molar-refractivity contribution >= 4 is 0 Å². The molecule has 0 atom stereocenters. The van der Waals surface area contributed by atoms with Crippen molar-refractivity contribution in [1.29, 1.82) is 0 Å². The van der Waals surface area contributed by atoms with Gasteiger partial charge in [-0.15, -0.1) is 10.2 Å². The van der Waals surface area contributed by atoms with Gasteiger partial charge in [0.2, 0.25) is 0 Å². The molecular formula is C21H15N3O2. The van der Waals surface area contributed by atoms with Gasteiger partial charge in [0.25, 0.3) is 0 Å². The number of aromatic nitrogens is 3. The summed E-state index contributed by atoms with van der Waals surface area (Å²) in [6, 6.07) is 23.5. The monoisotopic (exact) mass is 341 g/mol. The third-order valence-corrected chi connectivity index (χ3v) is 4.00. The lowest BCUT2D eigenvalue weighted by Crippen LogP contribution is -2.00. The summed E-state index contributed by atoms with van der Waals surface area (Å²) in [6.07, 6.45) is 0. The van der Waals surface area contributed by atoms with E-state index < -0.39 is 0 Å². The van der Waals surface area contributed by atoms with Crippen LogP contribution in [0.3, 0.4) is 0 Å². The van der Waals surface area contributed by atoms with Gasteiger partial charge in [-0.05, 0) is 12.1 Å². The van der Waals surface area contributed by atoms with E-state index in [1.165, 1.54) is 12.1 Å². The number of phenolic OH excluding ortho intramolecular Hbond substituents is 2. The Bertz CT molecular complexity index is 1050. The van der Waals surface area contributed by atoms with Crippen LogP contribution >= 0.6 is 0 Å². The molecule has 0 radical (unpaired) electrons. The van der Waals surface area contributed by atoms with Crippen LogP contribution < -0.4 is 0 Å². The molecule has 5 heteroatoms. The van der Waals surface area contributed by atoms with Crippen molar-refractivity contribution in [3.8, 4) is 45.4 Å². The highest BCUT2D eigenvalue weighted by Gasteiger charge is 2.17. The van der Waals surface area contributed by atoms with E-state index in [4.69, 9.17) is 0 Å². The van der Waals surface area contributed by atoms with Crippen molar-refractivity contribution in [2.75, 3.05) is 0 Å². The maximum atomic E-state index is 10.3.